The third-order valence-electron chi connectivity index (χ3n) is 2.79. The van der Waals surface area contributed by atoms with Gasteiger partial charge < -0.3 is 9.88 Å². The van der Waals surface area contributed by atoms with Crippen LogP contribution in [0, 0.1) is 6.92 Å². The Kier molecular flexibility index (Phi) is 5.03. The number of anilines is 1. The van der Waals surface area contributed by atoms with Crippen molar-refractivity contribution >= 4 is 35.0 Å². The van der Waals surface area contributed by atoms with Crippen molar-refractivity contribution < 1.29 is 4.79 Å². The van der Waals surface area contributed by atoms with Gasteiger partial charge in [-0.3, -0.25) is 4.79 Å². The Morgan fingerprint density at radius 3 is 3.05 bits per heavy atom. The van der Waals surface area contributed by atoms with Gasteiger partial charge in [-0.1, -0.05) is 29.4 Å². The summed E-state index contributed by atoms with van der Waals surface area (Å²) in [6, 6.07) is 5.44. The fraction of sp³-hybridized carbons (Fsp3) is 0.308. The molecule has 0 bridgehead atoms. The number of hydrogen-bond donors (Lipinski definition) is 1. The molecule has 1 aromatic carbocycles. The molecule has 0 fully saturated rings. The lowest BCUT2D eigenvalue weighted by Gasteiger charge is -2.09. The van der Waals surface area contributed by atoms with Gasteiger partial charge in [0.05, 0.1) is 5.75 Å². The van der Waals surface area contributed by atoms with Crippen molar-refractivity contribution in [1.82, 2.24) is 14.8 Å². The summed E-state index contributed by atoms with van der Waals surface area (Å²) in [6.45, 7) is 4.66. The van der Waals surface area contributed by atoms with Gasteiger partial charge in [-0.05, 0) is 31.5 Å². The van der Waals surface area contributed by atoms with E-state index in [0.29, 0.717) is 5.02 Å². The topological polar surface area (TPSA) is 59.8 Å². The van der Waals surface area contributed by atoms with Gasteiger partial charge in [0.15, 0.2) is 5.16 Å². The van der Waals surface area contributed by atoms with Crippen LogP contribution in [-0.4, -0.2) is 26.4 Å². The number of aromatic nitrogens is 3. The molecule has 2 rings (SSSR count). The highest BCUT2D eigenvalue weighted by molar-refractivity contribution is 7.99. The van der Waals surface area contributed by atoms with Gasteiger partial charge in [0, 0.05) is 17.3 Å². The van der Waals surface area contributed by atoms with E-state index in [-0.39, 0.29) is 11.7 Å². The van der Waals surface area contributed by atoms with Crippen molar-refractivity contribution in [2.45, 2.75) is 25.5 Å². The van der Waals surface area contributed by atoms with E-state index in [2.05, 4.69) is 15.5 Å². The van der Waals surface area contributed by atoms with Crippen molar-refractivity contribution in [3.8, 4) is 0 Å². The zero-order chi connectivity index (χ0) is 14.5. The molecule has 5 nitrogen and oxygen atoms in total. The molecule has 1 amide bonds. The van der Waals surface area contributed by atoms with Gasteiger partial charge in [0.2, 0.25) is 5.91 Å². The Hall–Kier alpha value is -1.53. The number of halogens is 1. The first-order valence-electron chi connectivity index (χ1n) is 6.17. The van der Waals surface area contributed by atoms with Crippen LogP contribution in [0.5, 0.6) is 0 Å². The third-order valence-corrected chi connectivity index (χ3v) is 4.19. The van der Waals surface area contributed by atoms with E-state index in [0.717, 1.165) is 23.0 Å². The van der Waals surface area contributed by atoms with Crippen molar-refractivity contribution in [3.05, 3.63) is 35.1 Å². The molecule has 0 spiro atoms. The highest BCUT2D eigenvalue weighted by Crippen LogP contribution is 2.23. The first kappa shape index (κ1) is 14.9. The number of amides is 1. The number of benzene rings is 1. The van der Waals surface area contributed by atoms with Crippen LogP contribution >= 0.6 is 23.4 Å². The number of nitrogens with zero attached hydrogens (tertiary/aromatic N) is 3. The Balaban J connectivity index is 1.94. The number of aryl methyl sites for hydroxylation is 1. The molecule has 1 aromatic heterocycles. The molecule has 0 saturated heterocycles. The summed E-state index contributed by atoms with van der Waals surface area (Å²) in [5.74, 6) is 0.191. The number of rotatable bonds is 5. The molecule has 0 aliphatic rings. The fourth-order valence-electron chi connectivity index (χ4n) is 1.63. The summed E-state index contributed by atoms with van der Waals surface area (Å²) in [7, 11) is 0. The maximum atomic E-state index is 11.9. The standard InChI is InChI=1S/C13H15ClN4OS/c1-3-18-8-15-17-13(18)20-7-12(19)16-11-6-4-5-10(14)9(11)2/h4-6,8H,3,7H2,1-2H3,(H,16,19). The zero-order valence-electron chi connectivity index (χ0n) is 11.3. The largest absolute Gasteiger partial charge is 0.325 e. The molecule has 1 heterocycles. The van der Waals surface area contributed by atoms with Gasteiger partial charge in [-0.15, -0.1) is 10.2 Å². The van der Waals surface area contributed by atoms with Crippen LogP contribution in [0.4, 0.5) is 5.69 Å². The minimum atomic E-state index is -0.0916. The van der Waals surface area contributed by atoms with Crippen LogP contribution in [0.1, 0.15) is 12.5 Å². The van der Waals surface area contributed by atoms with E-state index in [1.54, 1.807) is 12.4 Å². The summed E-state index contributed by atoms with van der Waals surface area (Å²) in [4.78, 5) is 11.9. The summed E-state index contributed by atoms with van der Waals surface area (Å²) >= 11 is 7.38. The minimum Gasteiger partial charge on any atom is -0.325 e. The molecule has 0 aliphatic carbocycles. The number of hydrogen-bond acceptors (Lipinski definition) is 4. The van der Waals surface area contributed by atoms with Crippen LogP contribution in [-0.2, 0) is 11.3 Å². The van der Waals surface area contributed by atoms with E-state index in [9.17, 15) is 4.79 Å². The van der Waals surface area contributed by atoms with E-state index in [4.69, 9.17) is 11.6 Å². The Morgan fingerprint density at radius 1 is 1.50 bits per heavy atom. The van der Waals surface area contributed by atoms with Crippen LogP contribution in [0.25, 0.3) is 0 Å². The average molecular weight is 311 g/mol. The fourth-order valence-corrected chi connectivity index (χ4v) is 2.59. The predicted molar refractivity (Wildman–Crippen MR) is 81.2 cm³/mol. The van der Waals surface area contributed by atoms with Gasteiger partial charge in [0.25, 0.3) is 0 Å². The number of nitrogens with one attached hydrogen (secondary N) is 1. The van der Waals surface area contributed by atoms with Gasteiger partial charge >= 0.3 is 0 Å². The molecule has 106 valence electrons. The van der Waals surface area contributed by atoms with Crippen LogP contribution in [0.15, 0.2) is 29.7 Å². The number of carbonyl (C=O) groups excluding carboxylic acids is 1. The lowest BCUT2D eigenvalue weighted by Crippen LogP contribution is -2.15. The normalized spacial score (nSPS) is 10.6. The van der Waals surface area contributed by atoms with Crippen LogP contribution in [0.3, 0.4) is 0 Å². The molecule has 0 unspecified atom stereocenters. The molecule has 7 heteroatoms. The zero-order valence-corrected chi connectivity index (χ0v) is 12.8. The Bertz CT molecular complexity index is 614. The molecule has 0 aliphatic heterocycles. The van der Waals surface area contributed by atoms with Gasteiger partial charge in [-0.25, -0.2) is 0 Å². The van der Waals surface area contributed by atoms with E-state index in [1.807, 2.05) is 30.5 Å². The number of thioether (sulfide) groups is 1. The molecule has 1 N–H and O–H groups in total. The SMILES string of the molecule is CCn1cnnc1SCC(=O)Nc1cccc(Cl)c1C. The summed E-state index contributed by atoms with van der Waals surface area (Å²) < 4.78 is 1.89. The summed E-state index contributed by atoms with van der Waals surface area (Å²) in [6.07, 6.45) is 1.65. The van der Waals surface area contributed by atoms with E-state index >= 15 is 0 Å². The molecule has 0 radical (unpaired) electrons. The summed E-state index contributed by atoms with van der Waals surface area (Å²) in [5, 5.41) is 12.0. The van der Waals surface area contributed by atoms with Crippen LogP contribution in [0.2, 0.25) is 5.02 Å². The van der Waals surface area contributed by atoms with Crippen molar-refractivity contribution in [3.63, 3.8) is 0 Å². The molecule has 0 atom stereocenters. The van der Waals surface area contributed by atoms with E-state index < -0.39 is 0 Å². The molecular formula is C13H15ClN4OS. The first-order valence-corrected chi connectivity index (χ1v) is 7.53. The third kappa shape index (κ3) is 3.52. The molecule has 20 heavy (non-hydrogen) atoms. The Labute approximate surface area is 126 Å². The van der Waals surface area contributed by atoms with Gasteiger partial charge in [-0.2, -0.15) is 0 Å². The Morgan fingerprint density at radius 2 is 2.30 bits per heavy atom. The maximum Gasteiger partial charge on any atom is 0.234 e. The monoisotopic (exact) mass is 310 g/mol. The second-order valence-electron chi connectivity index (χ2n) is 4.15. The van der Waals surface area contributed by atoms with Crippen molar-refractivity contribution in [2.75, 3.05) is 11.1 Å². The van der Waals surface area contributed by atoms with Crippen molar-refractivity contribution in [2.24, 2.45) is 0 Å². The second kappa shape index (κ2) is 6.76. The highest BCUT2D eigenvalue weighted by Gasteiger charge is 2.10. The van der Waals surface area contributed by atoms with E-state index in [1.165, 1.54) is 11.8 Å². The number of carbonyl (C=O) groups is 1. The quantitative estimate of drug-likeness (QED) is 0.863. The average Bonchev–Trinajstić information content (AvgIpc) is 2.89. The lowest BCUT2D eigenvalue weighted by atomic mass is 10.2. The first-order chi connectivity index (χ1) is 9.61. The van der Waals surface area contributed by atoms with Gasteiger partial charge in [0.1, 0.15) is 6.33 Å². The second-order valence-corrected chi connectivity index (χ2v) is 5.50. The van der Waals surface area contributed by atoms with Crippen molar-refractivity contribution in [1.29, 1.82) is 0 Å². The minimum absolute atomic E-state index is 0.0916. The van der Waals surface area contributed by atoms with Crippen LogP contribution < -0.4 is 5.32 Å². The highest BCUT2D eigenvalue weighted by atomic mass is 35.5. The molecular weight excluding hydrogens is 296 g/mol. The lowest BCUT2D eigenvalue weighted by molar-refractivity contribution is -0.113. The molecule has 0 saturated carbocycles. The summed E-state index contributed by atoms with van der Waals surface area (Å²) in [5.41, 5.74) is 1.60. The maximum absolute atomic E-state index is 11.9. The smallest absolute Gasteiger partial charge is 0.234 e. The predicted octanol–water partition coefficient (Wildman–Crippen LogP) is 2.99. The molecule has 2 aromatic rings.